The molecule has 1 fully saturated rings. The Morgan fingerprint density at radius 3 is 2.70 bits per heavy atom. The van der Waals surface area contributed by atoms with Crippen molar-refractivity contribution in [2.24, 2.45) is 0 Å². The van der Waals surface area contributed by atoms with Crippen LogP contribution in [-0.2, 0) is 11.5 Å². The molecule has 0 atom stereocenters. The van der Waals surface area contributed by atoms with Gasteiger partial charge in [0.2, 0.25) is 5.82 Å². The largest absolute Gasteiger partial charge is 0.361 e. The zero-order valence-electron chi connectivity index (χ0n) is 23.8. The SMILES string of the molecule is C[Si](C)(C)CCOCn1c(C(=O)NCCCN2CCCCC2)nc2cc(-c3cc(Cl)c4cnccc4n3)ccc21. The zero-order chi connectivity index (χ0) is 28.1. The number of rotatable bonds is 11. The van der Waals surface area contributed by atoms with Crippen molar-refractivity contribution < 1.29 is 9.53 Å². The smallest absolute Gasteiger partial charge is 0.287 e. The van der Waals surface area contributed by atoms with Gasteiger partial charge in [-0.15, -0.1) is 0 Å². The molecule has 5 rings (SSSR count). The van der Waals surface area contributed by atoms with Gasteiger partial charge < -0.3 is 15.0 Å². The Hall–Kier alpha value is -2.85. The lowest BCUT2D eigenvalue weighted by molar-refractivity contribution is 0.0801. The molecule has 1 amide bonds. The van der Waals surface area contributed by atoms with Gasteiger partial charge in [0.15, 0.2) is 0 Å². The Kier molecular flexibility index (Phi) is 9.15. The number of pyridine rings is 2. The number of halogens is 1. The van der Waals surface area contributed by atoms with Crippen molar-refractivity contribution in [3.63, 3.8) is 0 Å². The van der Waals surface area contributed by atoms with E-state index in [9.17, 15) is 4.79 Å². The first kappa shape index (κ1) is 28.7. The third kappa shape index (κ3) is 7.07. The van der Waals surface area contributed by atoms with E-state index in [2.05, 4.69) is 34.8 Å². The van der Waals surface area contributed by atoms with Crippen molar-refractivity contribution in [2.45, 2.75) is 58.1 Å². The fourth-order valence-electron chi connectivity index (χ4n) is 5.07. The number of piperidine rings is 1. The summed E-state index contributed by atoms with van der Waals surface area (Å²) >= 11 is 6.54. The van der Waals surface area contributed by atoms with Gasteiger partial charge >= 0.3 is 0 Å². The van der Waals surface area contributed by atoms with Crippen LogP contribution in [0.25, 0.3) is 33.2 Å². The molecule has 4 heterocycles. The Labute approximate surface area is 242 Å². The predicted molar refractivity (Wildman–Crippen MR) is 165 cm³/mol. The Bertz CT molecular complexity index is 1480. The highest BCUT2D eigenvalue weighted by Crippen LogP contribution is 2.30. The quantitative estimate of drug-likeness (QED) is 0.168. The van der Waals surface area contributed by atoms with Crippen LogP contribution >= 0.6 is 11.6 Å². The van der Waals surface area contributed by atoms with Gasteiger partial charge in [-0.25, -0.2) is 9.97 Å². The van der Waals surface area contributed by atoms with E-state index in [4.69, 9.17) is 26.3 Å². The minimum Gasteiger partial charge on any atom is -0.361 e. The molecule has 0 spiro atoms. The van der Waals surface area contributed by atoms with E-state index in [0.29, 0.717) is 24.0 Å². The summed E-state index contributed by atoms with van der Waals surface area (Å²) in [5.74, 6) is 0.193. The van der Waals surface area contributed by atoms with E-state index >= 15 is 0 Å². The number of hydrogen-bond acceptors (Lipinski definition) is 6. The fourth-order valence-corrected chi connectivity index (χ4v) is 6.08. The van der Waals surface area contributed by atoms with Crippen LogP contribution in [0.4, 0.5) is 0 Å². The van der Waals surface area contributed by atoms with Crippen LogP contribution in [0, 0.1) is 0 Å². The predicted octanol–water partition coefficient (Wildman–Crippen LogP) is 6.22. The summed E-state index contributed by atoms with van der Waals surface area (Å²) in [4.78, 5) is 29.5. The monoisotopic (exact) mass is 578 g/mol. The number of nitrogens with one attached hydrogen (secondary N) is 1. The maximum absolute atomic E-state index is 13.3. The third-order valence-electron chi connectivity index (χ3n) is 7.41. The molecule has 3 aromatic heterocycles. The number of fused-ring (bicyclic) bond motifs is 2. The van der Waals surface area contributed by atoms with Gasteiger partial charge in [0.1, 0.15) is 6.73 Å². The number of carbonyl (C=O) groups is 1. The third-order valence-corrected chi connectivity index (χ3v) is 9.43. The summed E-state index contributed by atoms with van der Waals surface area (Å²) in [6, 6.07) is 10.7. The highest BCUT2D eigenvalue weighted by molar-refractivity contribution is 6.76. The first-order valence-corrected chi connectivity index (χ1v) is 18.4. The van der Waals surface area contributed by atoms with Crippen LogP contribution in [-0.4, -0.2) is 71.2 Å². The molecule has 212 valence electrons. The average Bonchev–Trinajstić information content (AvgIpc) is 3.31. The molecule has 1 N–H and O–H groups in total. The number of likely N-dealkylation sites (tertiary alicyclic amines) is 1. The summed E-state index contributed by atoms with van der Waals surface area (Å²) in [5.41, 5.74) is 3.98. The van der Waals surface area contributed by atoms with E-state index in [1.54, 1.807) is 12.4 Å². The molecule has 0 aliphatic carbocycles. The molecule has 0 radical (unpaired) electrons. The van der Waals surface area contributed by atoms with E-state index in [-0.39, 0.29) is 12.6 Å². The minimum atomic E-state index is -1.23. The molecule has 1 aliphatic heterocycles. The van der Waals surface area contributed by atoms with Crippen molar-refractivity contribution in [1.82, 2.24) is 29.7 Å². The van der Waals surface area contributed by atoms with Gasteiger partial charge in [-0.05, 0) is 69.2 Å². The number of imidazole rings is 1. The maximum atomic E-state index is 13.3. The molecule has 0 bridgehead atoms. The van der Waals surface area contributed by atoms with E-state index < -0.39 is 8.07 Å². The number of benzene rings is 1. The van der Waals surface area contributed by atoms with Gasteiger partial charge in [0.25, 0.3) is 5.91 Å². The molecule has 1 aromatic carbocycles. The lowest BCUT2D eigenvalue weighted by Gasteiger charge is -2.26. The minimum absolute atomic E-state index is 0.176. The van der Waals surface area contributed by atoms with Crippen LogP contribution in [0.1, 0.15) is 36.3 Å². The molecular weight excluding hydrogens is 540 g/mol. The summed E-state index contributed by atoms with van der Waals surface area (Å²) < 4.78 is 7.96. The van der Waals surface area contributed by atoms with Crippen molar-refractivity contribution >= 4 is 47.5 Å². The van der Waals surface area contributed by atoms with Crippen molar-refractivity contribution in [2.75, 3.05) is 32.8 Å². The normalized spacial score (nSPS) is 14.7. The Morgan fingerprint density at radius 1 is 1.07 bits per heavy atom. The van der Waals surface area contributed by atoms with Gasteiger partial charge in [0, 0.05) is 44.6 Å². The summed E-state index contributed by atoms with van der Waals surface area (Å²) in [5, 5.41) is 4.50. The van der Waals surface area contributed by atoms with Crippen LogP contribution < -0.4 is 5.32 Å². The van der Waals surface area contributed by atoms with Gasteiger partial charge in [-0.2, -0.15) is 0 Å². The number of aromatic nitrogens is 4. The number of hydrogen-bond donors (Lipinski definition) is 1. The fraction of sp³-hybridized carbons (Fsp3) is 0.467. The number of carbonyl (C=O) groups excluding carboxylic acids is 1. The van der Waals surface area contributed by atoms with Crippen LogP contribution in [0.2, 0.25) is 30.7 Å². The second-order valence-corrected chi connectivity index (χ2v) is 17.8. The summed E-state index contributed by atoms with van der Waals surface area (Å²) in [7, 11) is -1.23. The Morgan fingerprint density at radius 2 is 1.90 bits per heavy atom. The molecule has 1 aliphatic rings. The highest BCUT2D eigenvalue weighted by Gasteiger charge is 2.20. The van der Waals surface area contributed by atoms with Gasteiger partial charge in [0.05, 0.1) is 27.3 Å². The number of amides is 1. The molecule has 0 saturated carbocycles. The van der Waals surface area contributed by atoms with Crippen molar-refractivity contribution in [3.8, 4) is 11.3 Å². The van der Waals surface area contributed by atoms with Crippen LogP contribution in [0.15, 0.2) is 42.7 Å². The van der Waals surface area contributed by atoms with E-state index in [0.717, 1.165) is 65.3 Å². The van der Waals surface area contributed by atoms with Gasteiger partial charge in [-0.1, -0.05) is 43.7 Å². The summed E-state index contributed by atoms with van der Waals surface area (Å²) in [6.07, 6.45) is 8.22. The van der Waals surface area contributed by atoms with Crippen LogP contribution in [0.3, 0.4) is 0 Å². The van der Waals surface area contributed by atoms with Crippen molar-refractivity contribution in [1.29, 1.82) is 0 Å². The topological polar surface area (TPSA) is 85.2 Å². The molecule has 10 heteroatoms. The lowest BCUT2D eigenvalue weighted by atomic mass is 10.1. The lowest BCUT2D eigenvalue weighted by Crippen LogP contribution is -2.34. The maximum Gasteiger partial charge on any atom is 0.287 e. The number of nitrogens with zero attached hydrogens (tertiary/aromatic N) is 5. The van der Waals surface area contributed by atoms with E-state index in [1.165, 1.54) is 19.3 Å². The number of ether oxygens (including phenoxy) is 1. The second-order valence-electron chi connectivity index (χ2n) is 11.8. The molecule has 0 unspecified atom stereocenters. The molecule has 4 aromatic rings. The molecule has 40 heavy (non-hydrogen) atoms. The molecule has 8 nitrogen and oxygen atoms in total. The Balaban J connectivity index is 1.37. The van der Waals surface area contributed by atoms with Gasteiger partial charge in [-0.3, -0.25) is 14.3 Å². The molecule has 1 saturated heterocycles. The van der Waals surface area contributed by atoms with Crippen LogP contribution in [0.5, 0.6) is 0 Å². The average molecular weight is 579 g/mol. The zero-order valence-corrected chi connectivity index (χ0v) is 25.5. The summed E-state index contributed by atoms with van der Waals surface area (Å²) in [6.45, 7) is 11.9. The van der Waals surface area contributed by atoms with Crippen molar-refractivity contribution in [3.05, 3.63) is 53.6 Å². The highest BCUT2D eigenvalue weighted by atomic mass is 35.5. The second kappa shape index (κ2) is 12.8. The first-order valence-electron chi connectivity index (χ1n) is 14.3. The molecular formula is C30H39ClN6O2Si. The standard InChI is InChI=1S/C30H39ClN6O2Si/c1-40(2,3)17-16-39-21-37-28-9-8-22(26-19-24(31)23-20-32-12-10-25(23)34-26)18-27(28)35-29(37)30(38)33-11-7-15-36-13-5-4-6-14-36/h8-10,12,18-20H,4-7,11,13-17,21H2,1-3H3,(H,33,38). The van der Waals surface area contributed by atoms with E-state index in [1.807, 2.05) is 34.9 Å². The first-order chi connectivity index (χ1) is 19.3.